The largest absolute Gasteiger partial charge is 0.508 e. The number of phenolic OH excluding ortho intramolecular Hbond substituents is 1. The molecular formula is C16H23NO4S. The third-order valence-corrected chi connectivity index (χ3v) is 6.48. The highest BCUT2D eigenvalue weighted by atomic mass is 32.2. The van der Waals surface area contributed by atoms with Crippen molar-refractivity contribution in [3.8, 4) is 5.75 Å². The van der Waals surface area contributed by atoms with Crippen LogP contribution in [0.3, 0.4) is 0 Å². The first-order chi connectivity index (χ1) is 10.3. The Kier molecular flexibility index (Phi) is 5.11. The zero-order chi connectivity index (χ0) is 16.3. The van der Waals surface area contributed by atoms with Crippen molar-refractivity contribution in [2.75, 3.05) is 0 Å². The Balaban J connectivity index is 2.12. The van der Waals surface area contributed by atoms with Gasteiger partial charge in [-0.2, -0.15) is 0 Å². The van der Waals surface area contributed by atoms with Crippen molar-refractivity contribution >= 4 is 15.7 Å². The smallest absolute Gasteiger partial charge is 0.238 e. The van der Waals surface area contributed by atoms with Gasteiger partial charge in [0.05, 0.1) is 4.90 Å². The van der Waals surface area contributed by atoms with Crippen LogP contribution in [-0.4, -0.2) is 30.7 Å². The summed E-state index contributed by atoms with van der Waals surface area (Å²) in [6.07, 6.45) is 4.16. The number of phenols is 1. The predicted molar refractivity (Wildman–Crippen MR) is 84.3 cm³/mol. The highest BCUT2D eigenvalue weighted by Gasteiger charge is 2.32. The fraction of sp³-hybridized carbons (Fsp3) is 0.562. The lowest BCUT2D eigenvalue weighted by molar-refractivity contribution is -0.121. The van der Waals surface area contributed by atoms with Crippen LogP contribution in [0.5, 0.6) is 5.75 Å². The molecule has 2 rings (SSSR count). The minimum absolute atomic E-state index is 0.0353. The molecule has 1 aliphatic carbocycles. The van der Waals surface area contributed by atoms with E-state index in [0.29, 0.717) is 5.92 Å². The summed E-state index contributed by atoms with van der Waals surface area (Å²) in [4.78, 5) is 12.3. The molecule has 6 heteroatoms. The van der Waals surface area contributed by atoms with Crippen molar-refractivity contribution in [2.45, 2.75) is 55.7 Å². The highest BCUT2D eigenvalue weighted by molar-refractivity contribution is 7.92. The molecule has 1 aromatic carbocycles. The lowest BCUT2D eigenvalue weighted by Crippen LogP contribution is -2.46. The first-order valence-corrected chi connectivity index (χ1v) is 9.20. The highest BCUT2D eigenvalue weighted by Crippen LogP contribution is 2.25. The van der Waals surface area contributed by atoms with Crippen molar-refractivity contribution in [1.82, 2.24) is 5.32 Å². The normalized spacial score (nSPS) is 23.7. The number of sulfone groups is 1. The summed E-state index contributed by atoms with van der Waals surface area (Å²) in [5.74, 6) is -0.231. The van der Waals surface area contributed by atoms with Gasteiger partial charge < -0.3 is 10.4 Å². The van der Waals surface area contributed by atoms with Crippen LogP contribution < -0.4 is 5.32 Å². The second-order valence-electron chi connectivity index (χ2n) is 6.06. The summed E-state index contributed by atoms with van der Waals surface area (Å²) in [6, 6.07) is 5.46. The maximum atomic E-state index is 12.5. The molecule has 1 aromatic rings. The molecular weight excluding hydrogens is 302 g/mol. The number of amides is 1. The Morgan fingerprint density at radius 3 is 2.64 bits per heavy atom. The van der Waals surface area contributed by atoms with E-state index in [0.717, 1.165) is 25.7 Å². The van der Waals surface area contributed by atoms with Gasteiger partial charge in [-0.15, -0.1) is 0 Å². The van der Waals surface area contributed by atoms with Gasteiger partial charge in [0.25, 0.3) is 0 Å². The molecule has 3 unspecified atom stereocenters. The lowest BCUT2D eigenvalue weighted by Gasteiger charge is -2.30. The predicted octanol–water partition coefficient (Wildman–Crippen LogP) is 2.25. The van der Waals surface area contributed by atoms with Crippen LogP contribution in [0.4, 0.5) is 0 Å². The standard InChI is InChI=1S/C16H23NO4S/c1-11-6-3-4-9-15(11)17-16(19)12(2)22(20,21)14-8-5-7-13(18)10-14/h5,7-8,10-12,15,18H,3-4,6,9H2,1-2H3,(H,17,19). The van der Waals surface area contributed by atoms with Crippen LogP contribution in [0.1, 0.15) is 39.5 Å². The summed E-state index contributed by atoms with van der Waals surface area (Å²) >= 11 is 0. The summed E-state index contributed by atoms with van der Waals surface area (Å²) in [5.41, 5.74) is 0. The average Bonchev–Trinajstić information content (AvgIpc) is 2.48. The molecule has 1 aliphatic rings. The van der Waals surface area contributed by atoms with Gasteiger partial charge in [-0.05, 0) is 43.9 Å². The Morgan fingerprint density at radius 2 is 2.00 bits per heavy atom. The summed E-state index contributed by atoms with van der Waals surface area (Å²) < 4.78 is 25.0. The number of carbonyl (C=O) groups is 1. The number of hydrogen-bond donors (Lipinski definition) is 2. The second-order valence-corrected chi connectivity index (χ2v) is 8.33. The number of rotatable bonds is 4. The second kappa shape index (κ2) is 6.69. The monoisotopic (exact) mass is 325 g/mol. The first-order valence-electron chi connectivity index (χ1n) is 7.65. The van der Waals surface area contributed by atoms with Gasteiger partial charge in [-0.3, -0.25) is 4.79 Å². The molecule has 1 fully saturated rings. The van der Waals surface area contributed by atoms with Crippen LogP contribution in [0.25, 0.3) is 0 Å². The molecule has 22 heavy (non-hydrogen) atoms. The van der Waals surface area contributed by atoms with E-state index in [1.807, 2.05) is 0 Å². The van der Waals surface area contributed by atoms with Crippen LogP contribution in [0.15, 0.2) is 29.2 Å². The SMILES string of the molecule is CC1CCCCC1NC(=O)C(C)S(=O)(=O)c1cccc(O)c1. The Labute approximate surface area is 131 Å². The van der Waals surface area contributed by atoms with Gasteiger partial charge in [0.2, 0.25) is 5.91 Å². The van der Waals surface area contributed by atoms with Crippen LogP contribution in [0, 0.1) is 5.92 Å². The molecule has 5 nitrogen and oxygen atoms in total. The topological polar surface area (TPSA) is 83.5 Å². The molecule has 0 bridgehead atoms. The summed E-state index contributed by atoms with van der Waals surface area (Å²) in [6.45, 7) is 3.47. The minimum Gasteiger partial charge on any atom is -0.508 e. The van der Waals surface area contributed by atoms with E-state index in [1.54, 1.807) is 0 Å². The van der Waals surface area contributed by atoms with Crippen molar-refractivity contribution in [2.24, 2.45) is 5.92 Å². The van der Waals surface area contributed by atoms with Crippen molar-refractivity contribution in [3.05, 3.63) is 24.3 Å². The van der Waals surface area contributed by atoms with E-state index in [-0.39, 0.29) is 16.7 Å². The molecule has 0 aromatic heterocycles. The Hall–Kier alpha value is -1.56. The molecule has 0 saturated heterocycles. The Morgan fingerprint density at radius 1 is 1.32 bits per heavy atom. The quantitative estimate of drug-likeness (QED) is 0.889. The van der Waals surface area contributed by atoms with E-state index in [2.05, 4.69) is 12.2 Å². The maximum Gasteiger partial charge on any atom is 0.238 e. The Bertz CT molecular complexity index is 641. The molecule has 1 amide bonds. The first kappa shape index (κ1) is 16.8. The van der Waals surface area contributed by atoms with E-state index >= 15 is 0 Å². The number of benzene rings is 1. The van der Waals surface area contributed by atoms with Crippen molar-refractivity contribution < 1.29 is 18.3 Å². The van der Waals surface area contributed by atoms with E-state index < -0.39 is 21.0 Å². The van der Waals surface area contributed by atoms with Gasteiger partial charge in [0, 0.05) is 6.04 Å². The number of carbonyl (C=O) groups excluding carboxylic acids is 1. The molecule has 0 spiro atoms. The zero-order valence-electron chi connectivity index (χ0n) is 13.0. The number of aromatic hydroxyl groups is 1. The molecule has 0 radical (unpaired) electrons. The van der Waals surface area contributed by atoms with Crippen molar-refractivity contribution in [1.29, 1.82) is 0 Å². The average molecular weight is 325 g/mol. The lowest BCUT2D eigenvalue weighted by atomic mass is 9.86. The van der Waals surface area contributed by atoms with Crippen LogP contribution >= 0.6 is 0 Å². The molecule has 122 valence electrons. The molecule has 0 aliphatic heterocycles. The maximum absolute atomic E-state index is 12.5. The molecule has 3 atom stereocenters. The van der Waals surface area contributed by atoms with Gasteiger partial charge >= 0.3 is 0 Å². The van der Waals surface area contributed by atoms with Gasteiger partial charge in [-0.1, -0.05) is 25.8 Å². The third-order valence-electron chi connectivity index (χ3n) is 4.42. The minimum atomic E-state index is -3.80. The summed E-state index contributed by atoms with van der Waals surface area (Å²) in [7, 11) is -3.80. The van der Waals surface area contributed by atoms with Crippen LogP contribution in [0.2, 0.25) is 0 Å². The van der Waals surface area contributed by atoms with Gasteiger partial charge in [0.1, 0.15) is 11.0 Å². The van der Waals surface area contributed by atoms with E-state index in [9.17, 15) is 18.3 Å². The third kappa shape index (κ3) is 3.61. The fourth-order valence-electron chi connectivity index (χ4n) is 2.84. The van der Waals surface area contributed by atoms with Gasteiger partial charge in [-0.25, -0.2) is 8.42 Å². The summed E-state index contributed by atoms with van der Waals surface area (Å²) in [5, 5.41) is 11.1. The van der Waals surface area contributed by atoms with E-state index in [4.69, 9.17) is 0 Å². The number of hydrogen-bond acceptors (Lipinski definition) is 4. The molecule has 1 saturated carbocycles. The fourth-order valence-corrected chi connectivity index (χ4v) is 4.15. The van der Waals surface area contributed by atoms with Gasteiger partial charge in [0.15, 0.2) is 9.84 Å². The zero-order valence-corrected chi connectivity index (χ0v) is 13.8. The number of nitrogens with one attached hydrogen (secondary N) is 1. The molecule has 2 N–H and O–H groups in total. The van der Waals surface area contributed by atoms with E-state index in [1.165, 1.54) is 31.2 Å². The molecule has 0 heterocycles. The van der Waals surface area contributed by atoms with Crippen LogP contribution in [-0.2, 0) is 14.6 Å². The van der Waals surface area contributed by atoms with Crippen molar-refractivity contribution in [3.63, 3.8) is 0 Å².